The Kier molecular flexibility index (Phi) is 11.5. The molecule has 0 unspecified atom stereocenters. The molecule has 2 amide bonds. The van der Waals surface area contributed by atoms with Gasteiger partial charge in [0, 0.05) is 38.7 Å². The third kappa shape index (κ3) is 8.04. The molecule has 214 valence electrons. The van der Waals surface area contributed by atoms with Gasteiger partial charge in [0.05, 0.1) is 10.6 Å². The van der Waals surface area contributed by atoms with Crippen LogP contribution in [0.2, 0.25) is 20.1 Å². The molecule has 0 spiro atoms. The molecule has 1 atom stereocenters. The average molecular weight is 645 g/mol. The SMILES string of the molecule is CCCCNC(=O)[C@@H](C)N(Cc1c(Cl)cccc1Cl)C(=O)CN(c1cc(Cl)cc(Cl)c1)S(=O)(=O)c1ccccc1. The van der Waals surface area contributed by atoms with Crippen molar-refractivity contribution in [2.75, 3.05) is 17.4 Å². The highest BCUT2D eigenvalue weighted by molar-refractivity contribution is 7.92. The Labute approximate surface area is 255 Å². The molecule has 0 saturated carbocycles. The van der Waals surface area contributed by atoms with Crippen LogP contribution in [0, 0.1) is 0 Å². The largest absolute Gasteiger partial charge is 0.354 e. The molecule has 3 rings (SSSR count). The van der Waals surface area contributed by atoms with Gasteiger partial charge in [-0.1, -0.05) is 84.0 Å². The summed E-state index contributed by atoms with van der Waals surface area (Å²) in [5, 5.41) is 3.81. The van der Waals surface area contributed by atoms with Gasteiger partial charge in [0.25, 0.3) is 10.0 Å². The first-order valence-corrected chi connectivity index (χ1v) is 15.4. The van der Waals surface area contributed by atoms with Crippen molar-refractivity contribution < 1.29 is 18.0 Å². The predicted octanol–water partition coefficient (Wildman–Crippen LogP) is 6.83. The Hall–Kier alpha value is -2.49. The molecule has 3 aromatic rings. The van der Waals surface area contributed by atoms with Crippen LogP contribution in [-0.4, -0.2) is 44.3 Å². The van der Waals surface area contributed by atoms with Crippen LogP contribution < -0.4 is 9.62 Å². The van der Waals surface area contributed by atoms with Crippen molar-refractivity contribution in [2.24, 2.45) is 0 Å². The second-order valence-corrected chi connectivity index (χ2v) is 12.5. The molecule has 3 aromatic carbocycles. The fourth-order valence-corrected chi connectivity index (χ4v) is 6.35. The number of nitrogens with zero attached hydrogens (tertiary/aromatic N) is 2. The van der Waals surface area contributed by atoms with Crippen LogP contribution in [0.3, 0.4) is 0 Å². The molecule has 7 nitrogen and oxygen atoms in total. The highest BCUT2D eigenvalue weighted by Crippen LogP contribution is 2.31. The minimum absolute atomic E-state index is 0.0371. The summed E-state index contributed by atoms with van der Waals surface area (Å²) in [7, 11) is -4.25. The number of nitrogens with one attached hydrogen (secondary N) is 1. The summed E-state index contributed by atoms with van der Waals surface area (Å²) >= 11 is 25.2. The van der Waals surface area contributed by atoms with Gasteiger partial charge in [0.2, 0.25) is 11.8 Å². The normalized spacial score (nSPS) is 12.1. The first kappa shape index (κ1) is 32.0. The minimum Gasteiger partial charge on any atom is -0.354 e. The highest BCUT2D eigenvalue weighted by Gasteiger charge is 2.33. The van der Waals surface area contributed by atoms with E-state index in [4.69, 9.17) is 46.4 Å². The van der Waals surface area contributed by atoms with Gasteiger partial charge < -0.3 is 10.2 Å². The highest BCUT2D eigenvalue weighted by atomic mass is 35.5. The van der Waals surface area contributed by atoms with Crippen molar-refractivity contribution in [1.82, 2.24) is 10.2 Å². The molecule has 1 N–H and O–H groups in total. The zero-order chi connectivity index (χ0) is 29.4. The van der Waals surface area contributed by atoms with E-state index in [2.05, 4.69) is 5.32 Å². The summed E-state index contributed by atoms with van der Waals surface area (Å²) in [5.41, 5.74) is 0.515. The molecular formula is C28H29Cl4N3O4S. The van der Waals surface area contributed by atoms with E-state index in [1.807, 2.05) is 6.92 Å². The lowest BCUT2D eigenvalue weighted by molar-refractivity contribution is -0.139. The van der Waals surface area contributed by atoms with Gasteiger partial charge in [0.1, 0.15) is 12.6 Å². The number of rotatable bonds is 12. The van der Waals surface area contributed by atoms with Crippen molar-refractivity contribution in [3.63, 3.8) is 0 Å². The lowest BCUT2D eigenvalue weighted by atomic mass is 10.1. The van der Waals surface area contributed by atoms with Gasteiger partial charge in [-0.15, -0.1) is 0 Å². The van der Waals surface area contributed by atoms with E-state index in [1.54, 1.807) is 43.3 Å². The third-order valence-corrected chi connectivity index (χ3v) is 9.07. The topological polar surface area (TPSA) is 86.8 Å². The van der Waals surface area contributed by atoms with E-state index in [-0.39, 0.29) is 27.2 Å². The Morgan fingerprint density at radius 1 is 0.900 bits per heavy atom. The van der Waals surface area contributed by atoms with Gasteiger partial charge in [-0.25, -0.2) is 8.42 Å². The Morgan fingerprint density at radius 2 is 1.50 bits per heavy atom. The quantitative estimate of drug-likeness (QED) is 0.219. The van der Waals surface area contributed by atoms with Crippen LogP contribution in [0.4, 0.5) is 5.69 Å². The van der Waals surface area contributed by atoms with E-state index < -0.39 is 34.4 Å². The number of anilines is 1. The minimum atomic E-state index is -4.25. The van der Waals surface area contributed by atoms with Gasteiger partial charge in [-0.3, -0.25) is 13.9 Å². The number of amides is 2. The first-order chi connectivity index (χ1) is 18.9. The van der Waals surface area contributed by atoms with Gasteiger partial charge in [-0.05, 0) is 55.8 Å². The molecule has 40 heavy (non-hydrogen) atoms. The summed E-state index contributed by atoms with van der Waals surface area (Å²) in [4.78, 5) is 28.2. The molecule has 0 heterocycles. The van der Waals surface area contributed by atoms with Crippen LogP contribution in [0.5, 0.6) is 0 Å². The van der Waals surface area contributed by atoms with E-state index in [0.29, 0.717) is 22.2 Å². The number of halogens is 4. The predicted molar refractivity (Wildman–Crippen MR) is 162 cm³/mol. The number of benzene rings is 3. The number of hydrogen-bond acceptors (Lipinski definition) is 4. The maximum absolute atomic E-state index is 14.0. The molecule has 0 saturated heterocycles. The van der Waals surface area contributed by atoms with Crippen LogP contribution >= 0.6 is 46.4 Å². The molecule has 0 radical (unpaired) electrons. The number of hydrogen-bond donors (Lipinski definition) is 1. The number of carbonyl (C=O) groups is 2. The number of unbranched alkanes of at least 4 members (excludes halogenated alkanes) is 1. The second kappa shape index (κ2) is 14.4. The molecule has 0 aromatic heterocycles. The molecule has 0 aliphatic heterocycles. The molecule has 0 bridgehead atoms. The molecule has 0 aliphatic carbocycles. The summed E-state index contributed by atoms with van der Waals surface area (Å²) in [6.07, 6.45) is 1.64. The summed E-state index contributed by atoms with van der Waals surface area (Å²) < 4.78 is 28.5. The average Bonchev–Trinajstić information content (AvgIpc) is 2.91. The Balaban J connectivity index is 2.06. The van der Waals surface area contributed by atoms with E-state index >= 15 is 0 Å². The first-order valence-electron chi connectivity index (χ1n) is 12.5. The van der Waals surface area contributed by atoms with Crippen LogP contribution in [0.1, 0.15) is 32.3 Å². The summed E-state index contributed by atoms with van der Waals surface area (Å²) in [5.74, 6) is -1.06. The molecular weight excluding hydrogens is 616 g/mol. The molecule has 0 fully saturated rings. The third-order valence-electron chi connectivity index (χ3n) is 6.13. The van der Waals surface area contributed by atoms with E-state index in [1.165, 1.54) is 35.2 Å². The monoisotopic (exact) mass is 643 g/mol. The van der Waals surface area contributed by atoms with Crippen molar-refractivity contribution in [1.29, 1.82) is 0 Å². The van der Waals surface area contributed by atoms with E-state index in [0.717, 1.165) is 17.1 Å². The fourth-order valence-electron chi connectivity index (χ4n) is 3.90. The van der Waals surface area contributed by atoms with Gasteiger partial charge in [0.15, 0.2) is 0 Å². The molecule has 0 aliphatic rings. The van der Waals surface area contributed by atoms with E-state index in [9.17, 15) is 18.0 Å². The Bertz CT molecular complexity index is 1410. The maximum atomic E-state index is 14.0. The Morgan fingerprint density at radius 3 is 2.08 bits per heavy atom. The zero-order valence-electron chi connectivity index (χ0n) is 21.9. The lowest BCUT2D eigenvalue weighted by Gasteiger charge is -2.32. The lowest BCUT2D eigenvalue weighted by Crippen LogP contribution is -2.51. The van der Waals surface area contributed by atoms with Crippen molar-refractivity contribution in [2.45, 2.75) is 44.2 Å². The van der Waals surface area contributed by atoms with Crippen LogP contribution in [0.15, 0.2) is 71.6 Å². The maximum Gasteiger partial charge on any atom is 0.264 e. The van der Waals surface area contributed by atoms with Crippen LogP contribution in [-0.2, 0) is 26.2 Å². The number of carbonyl (C=O) groups excluding carboxylic acids is 2. The summed E-state index contributed by atoms with van der Waals surface area (Å²) in [6, 6.07) is 15.9. The van der Waals surface area contributed by atoms with Gasteiger partial charge in [-0.2, -0.15) is 0 Å². The summed E-state index contributed by atoms with van der Waals surface area (Å²) in [6.45, 7) is 3.22. The zero-order valence-corrected chi connectivity index (χ0v) is 25.8. The van der Waals surface area contributed by atoms with Crippen molar-refractivity contribution in [3.8, 4) is 0 Å². The second-order valence-electron chi connectivity index (χ2n) is 8.99. The van der Waals surface area contributed by atoms with Crippen molar-refractivity contribution >= 4 is 73.9 Å². The number of sulfonamides is 1. The smallest absolute Gasteiger partial charge is 0.264 e. The fraction of sp³-hybridized carbons (Fsp3) is 0.286. The molecule has 12 heteroatoms. The standard InChI is InChI=1S/C28H29Cl4N3O4S/c1-3-4-13-33-28(37)19(2)34(17-24-25(31)11-8-12-26(24)32)27(36)18-35(22-15-20(29)14-21(30)16-22)40(38,39)23-9-6-5-7-10-23/h5-12,14-16,19H,3-4,13,17-18H2,1-2H3,(H,33,37)/t19-/m1/s1. The van der Waals surface area contributed by atoms with Gasteiger partial charge >= 0.3 is 0 Å². The van der Waals surface area contributed by atoms with Crippen molar-refractivity contribution in [3.05, 3.63) is 92.4 Å². The van der Waals surface area contributed by atoms with Crippen LogP contribution in [0.25, 0.3) is 0 Å².